The molecule has 0 unspecified atom stereocenters. The van der Waals surface area contributed by atoms with E-state index in [0.29, 0.717) is 23.8 Å². The van der Waals surface area contributed by atoms with Crippen LogP contribution in [-0.2, 0) is 13.0 Å². The molecule has 0 fully saturated rings. The van der Waals surface area contributed by atoms with E-state index in [0.717, 1.165) is 40.3 Å². The highest BCUT2D eigenvalue weighted by atomic mass is 35.5. The zero-order chi connectivity index (χ0) is 21.7. The second-order valence-corrected chi connectivity index (χ2v) is 7.57. The highest BCUT2D eigenvalue weighted by molar-refractivity contribution is 6.30. The molecule has 2 aromatic carbocycles. The number of rotatable bonds is 9. The molecule has 1 N–H and O–H groups in total. The maximum absolute atomic E-state index is 6.07. The SMILES string of the molecule is COc1cc2nc(N(C)C)c(CNCCc3cccc(Cl)c3)cc2c(OC)c1OC. The maximum Gasteiger partial charge on any atom is 0.204 e. The fraction of sp³-hybridized carbons (Fsp3) is 0.348. The first-order chi connectivity index (χ1) is 14.5. The van der Waals surface area contributed by atoms with Crippen molar-refractivity contribution in [2.75, 3.05) is 46.9 Å². The van der Waals surface area contributed by atoms with E-state index in [9.17, 15) is 0 Å². The lowest BCUT2D eigenvalue weighted by Gasteiger charge is -2.20. The Bertz CT molecular complexity index is 1020. The standard InChI is InChI=1S/C23H28ClN3O3/c1-27(2)23-16(14-25-10-9-15-7-6-8-17(24)11-15)12-18-19(26-23)13-20(28-3)22(30-5)21(18)29-4/h6-8,11-13,25H,9-10,14H2,1-5H3. The third-order valence-corrected chi connectivity index (χ3v) is 5.13. The molecule has 3 aromatic rings. The van der Waals surface area contributed by atoms with E-state index in [1.54, 1.807) is 21.3 Å². The molecule has 0 bridgehead atoms. The van der Waals surface area contributed by atoms with Crippen LogP contribution in [0.15, 0.2) is 36.4 Å². The van der Waals surface area contributed by atoms with Crippen LogP contribution in [0.1, 0.15) is 11.1 Å². The second kappa shape index (κ2) is 9.87. The highest BCUT2D eigenvalue weighted by Gasteiger charge is 2.19. The maximum atomic E-state index is 6.07. The Morgan fingerprint density at radius 1 is 1.00 bits per heavy atom. The Kier molecular flexibility index (Phi) is 7.24. The summed E-state index contributed by atoms with van der Waals surface area (Å²) in [5.41, 5.74) is 3.07. The van der Waals surface area contributed by atoms with Crippen LogP contribution >= 0.6 is 11.6 Å². The minimum atomic E-state index is 0.562. The number of nitrogens with one attached hydrogen (secondary N) is 1. The molecule has 3 rings (SSSR count). The number of nitrogens with zero attached hydrogens (tertiary/aromatic N) is 2. The fourth-order valence-corrected chi connectivity index (χ4v) is 3.70. The Balaban J connectivity index is 1.89. The van der Waals surface area contributed by atoms with Crippen molar-refractivity contribution >= 4 is 28.3 Å². The predicted octanol–water partition coefficient (Wildman–Crippen LogP) is 4.31. The van der Waals surface area contributed by atoms with Crippen LogP contribution in [0.2, 0.25) is 5.02 Å². The zero-order valence-electron chi connectivity index (χ0n) is 18.1. The molecule has 0 amide bonds. The largest absolute Gasteiger partial charge is 0.493 e. The molecule has 0 atom stereocenters. The van der Waals surface area contributed by atoms with Crippen molar-refractivity contribution in [2.24, 2.45) is 0 Å². The summed E-state index contributed by atoms with van der Waals surface area (Å²) >= 11 is 6.07. The Morgan fingerprint density at radius 2 is 1.77 bits per heavy atom. The van der Waals surface area contributed by atoms with Gasteiger partial charge in [-0.3, -0.25) is 0 Å². The van der Waals surface area contributed by atoms with E-state index in [-0.39, 0.29) is 0 Å². The van der Waals surface area contributed by atoms with E-state index >= 15 is 0 Å². The van der Waals surface area contributed by atoms with Crippen LogP contribution < -0.4 is 24.4 Å². The number of benzene rings is 2. The molecule has 1 aromatic heterocycles. The van der Waals surface area contributed by atoms with Crippen molar-refractivity contribution < 1.29 is 14.2 Å². The van der Waals surface area contributed by atoms with Gasteiger partial charge in [0.05, 0.1) is 26.8 Å². The molecular weight excluding hydrogens is 402 g/mol. The molecule has 0 saturated carbocycles. The number of halogens is 1. The van der Waals surface area contributed by atoms with Crippen molar-refractivity contribution in [1.29, 1.82) is 0 Å². The Morgan fingerprint density at radius 3 is 2.40 bits per heavy atom. The van der Waals surface area contributed by atoms with Gasteiger partial charge in [0.15, 0.2) is 11.5 Å². The molecule has 30 heavy (non-hydrogen) atoms. The summed E-state index contributed by atoms with van der Waals surface area (Å²) in [6, 6.07) is 11.9. The first kappa shape index (κ1) is 22.0. The van der Waals surface area contributed by atoms with Gasteiger partial charge in [0, 0.05) is 42.7 Å². The molecule has 0 aliphatic rings. The summed E-state index contributed by atoms with van der Waals surface area (Å²) in [6.45, 7) is 1.50. The third kappa shape index (κ3) is 4.71. The summed E-state index contributed by atoms with van der Waals surface area (Å²) in [6.07, 6.45) is 0.896. The number of aromatic nitrogens is 1. The lowest BCUT2D eigenvalue weighted by molar-refractivity contribution is 0.327. The average Bonchev–Trinajstić information content (AvgIpc) is 2.74. The minimum absolute atomic E-state index is 0.562. The quantitative estimate of drug-likeness (QED) is 0.511. The lowest BCUT2D eigenvalue weighted by Crippen LogP contribution is -2.20. The highest BCUT2D eigenvalue weighted by Crippen LogP contribution is 2.43. The Labute approximate surface area is 182 Å². The zero-order valence-corrected chi connectivity index (χ0v) is 18.8. The van der Waals surface area contributed by atoms with Crippen molar-refractivity contribution in [3.8, 4) is 17.2 Å². The Hall–Kier alpha value is -2.70. The molecule has 7 heteroatoms. The molecule has 0 aliphatic carbocycles. The molecular formula is C23H28ClN3O3. The molecule has 0 saturated heterocycles. The summed E-state index contributed by atoms with van der Waals surface area (Å²) in [5.74, 6) is 2.66. The van der Waals surface area contributed by atoms with E-state index < -0.39 is 0 Å². The fourth-order valence-electron chi connectivity index (χ4n) is 3.49. The smallest absolute Gasteiger partial charge is 0.204 e. The van der Waals surface area contributed by atoms with Crippen LogP contribution in [0.3, 0.4) is 0 Å². The van der Waals surface area contributed by atoms with Crippen molar-refractivity contribution in [3.05, 3.63) is 52.5 Å². The second-order valence-electron chi connectivity index (χ2n) is 7.13. The van der Waals surface area contributed by atoms with Gasteiger partial charge in [-0.15, -0.1) is 0 Å². The van der Waals surface area contributed by atoms with Gasteiger partial charge in [-0.1, -0.05) is 23.7 Å². The average molecular weight is 430 g/mol. The van der Waals surface area contributed by atoms with Gasteiger partial charge in [0.1, 0.15) is 5.82 Å². The summed E-state index contributed by atoms with van der Waals surface area (Å²) in [7, 11) is 8.81. The summed E-state index contributed by atoms with van der Waals surface area (Å²) in [5, 5.41) is 5.16. The van der Waals surface area contributed by atoms with Crippen LogP contribution in [0.4, 0.5) is 5.82 Å². The normalized spacial score (nSPS) is 10.9. The molecule has 160 valence electrons. The van der Waals surface area contributed by atoms with E-state index in [4.69, 9.17) is 30.8 Å². The van der Waals surface area contributed by atoms with Crippen LogP contribution in [-0.4, -0.2) is 47.0 Å². The molecule has 0 aliphatic heterocycles. The van der Waals surface area contributed by atoms with Gasteiger partial charge >= 0.3 is 0 Å². The lowest BCUT2D eigenvalue weighted by atomic mass is 10.1. The number of hydrogen-bond acceptors (Lipinski definition) is 6. The van der Waals surface area contributed by atoms with Crippen molar-refractivity contribution in [1.82, 2.24) is 10.3 Å². The summed E-state index contributed by atoms with van der Waals surface area (Å²) in [4.78, 5) is 6.88. The van der Waals surface area contributed by atoms with Gasteiger partial charge in [-0.25, -0.2) is 4.98 Å². The number of methoxy groups -OCH3 is 3. The van der Waals surface area contributed by atoms with Crippen LogP contribution in [0.25, 0.3) is 10.9 Å². The van der Waals surface area contributed by atoms with Crippen LogP contribution in [0.5, 0.6) is 17.2 Å². The van der Waals surface area contributed by atoms with E-state index in [1.165, 1.54) is 5.56 Å². The number of anilines is 1. The van der Waals surface area contributed by atoms with Crippen molar-refractivity contribution in [3.63, 3.8) is 0 Å². The van der Waals surface area contributed by atoms with Gasteiger partial charge in [-0.2, -0.15) is 0 Å². The van der Waals surface area contributed by atoms with Gasteiger partial charge in [0.2, 0.25) is 5.75 Å². The minimum Gasteiger partial charge on any atom is -0.493 e. The topological polar surface area (TPSA) is 55.9 Å². The first-order valence-corrected chi connectivity index (χ1v) is 10.1. The van der Waals surface area contributed by atoms with Crippen LogP contribution in [0, 0.1) is 0 Å². The van der Waals surface area contributed by atoms with Gasteiger partial charge < -0.3 is 24.4 Å². The van der Waals surface area contributed by atoms with Crippen molar-refractivity contribution in [2.45, 2.75) is 13.0 Å². The third-order valence-electron chi connectivity index (χ3n) is 4.90. The number of pyridine rings is 1. The summed E-state index contributed by atoms with van der Waals surface area (Å²) < 4.78 is 16.6. The number of fused-ring (bicyclic) bond motifs is 1. The van der Waals surface area contributed by atoms with E-state index in [2.05, 4.69) is 17.4 Å². The molecule has 0 spiro atoms. The number of hydrogen-bond donors (Lipinski definition) is 1. The first-order valence-electron chi connectivity index (χ1n) is 9.73. The predicted molar refractivity (Wildman–Crippen MR) is 123 cm³/mol. The number of ether oxygens (including phenoxy) is 3. The van der Waals surface area contributed by atoms with Gasteiger partial charge in [0.25, 0.3) is 0 Å². The monoisotopic (exact) mass is 429 g/mol. The molecule has 0 radical (unpaired) electrons. The van der Waals surface area contributed by atoms with Gasteiger partial charge in [-0.05, 0) is 36.7 Å². The molecule has 6 nitrogen and oxygen atoms in total. The van der Waals surface area contributed by atoms with E-state index in [1.807, 2.05) is 43.3 Å². The molecule has 1 heterocycles.